The first-order valence-electron chi connectivity index (χ1n) is 7.35. The zero-order valence-electron chi connectivity index (χ0n) is 13.4. The van der Waals surface area contributed by atoms with Crippen LogP contribution in [0.2, 0.25) is 0 Å². The second kappa shape index (κ2) is 6.25. The molecule has 6 N–H and O–H groups in total. The third-order valence-electron chi connectivity index (χ3n) is 3.74. The molecule has 27 heavy (non-hydrogen) atoms. The Morgan fingerprint density at radius 1 is 0.963 bits per heavy atom. The Hall–Kier alpha value is -3.66. The fraction of sp³-hybridized carbons (Fsp3) is 0. The van der Waals surface area contributed by atoms with Gasteiger partial charge < -0.3 is 30.3 Å². The highest BCUT2D eigenvalue weighted by Crippen LogP contribution is 2.41. The lowest BCUT2D eigenvalue weighted by Crippen LogP contribution is -2.13. The summed E-state index contributed by atoms with van der Waals surface area (Å²) in [6.07, 6.45) is 0. The van der Waals surface area contributed by atoms with Crippen molar-refractivity contribution in [2.24, 2.45) is 0 Å². The highest BCUT2D eigenvalue weighted by molar-refractivity contribution is 7.87. The normalized spacial score (nSPS) is 11.4. The van der Waals surface area contributed by atoms with E-state index in [-0.39, 0.29) is 10.8 Å². The molecule has 10 heteroatoms. The maximum Gasteiger partial charge on any atom is 0.343 e. The maximum atomic E-state index is 12.6. The number of rotatable bonds is 4. The summed E-state index contributed by atoms with van der Waals surface area (Å²) < 4.78 is 30.0. The number of aromatic carboxylic acids is 1. The molecule has 3 rings (SSSR count). The number of anilines is 1. The van der Waals surface area contributed by atoms with E-state index in [4.69, 9.17) is 15.0 Å². The number of nitrogens with two attached hydrogens (primary N) is 1. The predicted molar refractivity (Wildman–Crippen MR) is 94.6 cm³/mol. The van der Waals surface area contributed by atoms with Gasteiger partial charge in [-0.05, 0) is 41.8 Å². The predicted octanol–water partition coefficient (Wildman–Crippen LogP) is 2.00. The Morgan fingerprint density at radius 3 is 2.33 bits per heavy atom. The quantitative estimate of drug-likeness (QED) is 0.254. The molecular weight excluding hydrogens is 378 g/mol. The molecule has 9 nitrogen and oxygen atoms in total. The highest BCUT2D eigenvalue weighted by atomic mass is 32.2. The lowest BCUT2D eigenvalue weighted by molar-refractivity contribution is 0.0694. The van der Waals surface area contributed by atoms with Crippen molar-refractivity contribution in [2.45, 2.75) is 4.90 Å². The van der Waals surface area contributed by atoms with Crippen molar-refractivity contribution < 1.29 is 37.8 Å². The number of fused-ring (bicyclic) bond motifs is 1. The first-order chi connectivity index (χ1) is 12.6. The molecule has 0 fully saturated rings. The van der Waals surface area contributed by atoms with Crippen LogP contribution in [0.4, 0.5) is 5.69 Å². The van der Waals surface area contributed by atoms with Crippen molar-refractivity contribution in [3.63, 3.8) is 0 Å². The monoisotopic (exact) mass is 391 g/mol. The third-order valence-corrected chi connectivity index (χ3v) is 4.99. The number of carboxylic acids is 1. The molecule has 0 saturated carbocycles. The van der Waals surface area contributed by atoms with E-state index in [1.165, 1.54) is 18.2 Å². The topological polar surface area (TPSA) is 167 Å². The maximum absolute atomic E-state index is 12.6. The van der Waals surface area contributed by atoms with Crippen molar-refractivity contribution in [1.29, 1.82) is 0 Å². The van der Waals surface area contributed by atoms with E-state index in [0.29, 0.717) is 5.69 Å². The lowest BCUT2D eigenvalue weighted by Gasteiger charge is -2.13. The molecule has 0 aliphatic carbocycles. The van der Waals surface area contributed by atoms with Gasteiger partial charge in [-0.3, -0.25) is 0 Å². The smallest absolute Gasteiger partial charge is 0.343 e. The molecular formula is C17H13NO8S. The summed E-state index contributed by atoms with van der Waals surface area (Å²) in [4.78, 5) is 10.5. The summed E-state index contributed by atoms with van der Waals surface area (Å²) in [5, 5.41) is 39.1. The number of carboxylic acid groups (broad SMARTS) is 1. The molecule has 0 aliphatic heterocycles. The molecule has 0 spiro atoms. The van der Waals surface area contributed by atoms with Gasteiger partial charge >= 0.3 is 16.1 Å². The molecule has 3 aromatic carbocycles. The molecule has 0 aliphatic rings. The number of phenolic OH excluding ortho intramolecular Hbond substituents is 3. The van der Waals surface area contributed by atoms with Gasteiger partial charge in [0.15, 0.2) is 22.1 Å². The zero-order valence-corrected chi connectivity index (χ0v) is 14.3. The van der Waals surface area contributed by atoms with E-state index in [2.05, 4.69) is 0 Å². The van der Waals surface area contributed by atoms with Gasteiger partial charge in [0.25, 0.3) is 0 Å². The second-order valence-electron chi connectivity index (χ2n) is 5.58. The van der Waals surface area contributed by atoms with Crippen molar-refractivity contribution in [3.8, 4) is 23.0 Å². The third kappa shape index (κ3) is 3.25. The number of carbonyl (C=O) groups is 1. The number of phenols is 3. The van der Waals surface area contributed by atoms with E-state index in [9.17, 15) is 28.5 Å². The van der Waals surface area contributed by atoms with Crippen LogP contribution in [0.3, 0.4) is 0 Å². The summed E-state index contributed by atoms with van der Waals surface area (Å²) >= 11 is 0. The van der Waals surface area contributed by atoms with Gasteiger partial charge in [-0.15, -0.1) is 0 Å². The van der Waals surface area contributed by atoms with Crippen LogP contribution < -0.4 is 9.92 Å². The van der Waals surface area contributed by atoms with Gasteiger partial charge in [-0.1, -0.05) is 6.07 Å². The molecule has 0 aromatic heterocycles. The van der Waals surface area contributed by atoms with E-state index < -0.39 is 49.5 Å². The van der Waals surface area contributed by atoms with Crippen LogP contribution in [0, 0.1) is 0 Å². The molecule has 0 heterocycles. The van der Waals surface area contributed by atoms with Gasteiger partial charge in [0.1, 0.15) is 11.3 Å². The molecule has 0 saturated heterocycles. The summed E-state index contributed by atoms with van der Waals surface area (Å²) in [6.45, 7) is 0. The summed E-state index contributed by atoms with van der Waals surface area (Å²) in [6, 6.07) is 8.12. The van der Waals surface area contributed by atoms with Gasteiger partial charge in [-0.2, -0.15) is 8.42 Å². The Balaban J connectivity index is 2.15. The van der Waals surface area contributed by atoms with E-state index in [1.54, 1.807) is 0 Å². The Labute approximate surface area is 152 Å². The highest BCUT2D eigenvalue weighted by Gasteiger charge is 2.27. The van der Waals surface area contributed by atoms with Gasteiger partial charge in [-0.25, -0.2) is 4.79 Å². The number of benzene rings is 3. The van der Waals surface area contributed by atoms with E-state index in [1.807, 2.05) is 0 Å². The summed E-state index contributed by atoms with van der Waals surface area (Å²) in [7, 11) is -4.72. The molecule has 0 amide bonds. The average molecular weight is 391 g/mol. The molecule has 0 atom stereocenters. The molecule has 0 unspecified atom stereocenters. The number of hydrogen-bond acceptors (Lipinski definition) is 8. The summed E-state index contributed by atoms with van der Waals surface area (Å²) in [5.74, 6) is -4.19. The molecule has 140 valence electrons. The first kappa shape index (κ1) is 18.1. The van der Waals surface area contributed by atoms with Crippen molar-refractivity contribution in [2.75, 3.05) is 5.73 Å². The van der Waals surface area contributed by atoms with Crippen LogP contribution in [-0.2, 0) is 10.1 Å². The Morgan fingerprint density at radius 2 is 1.67 bits per heavy atom. The van der Waals surface area contributed by atoms with Crippen molar-refractivity contribution in [1.82, 2.24) is 0 Å². The minimum absolute atomic E-state index is 0.127. The van der Waals surface area contributed by atoms with Gasteiger partial charge in [0.2, 0.25) is 0 Å². The van der Waals surface area contributed by atoms with Crippen molar-refractivity contribution >= 4 is 32.5 Å². The second-order valence-corrected chi connectivity index (χ2v) is 7.09. The number of hydrogen-bond donors (Lipinski definition) is 5. The largest absolute Gasteiger partial charge is 0.508 e. The first-order valence-corrected chi connectivity index (χ1v) is 8.76. The number of nitrogen functional groups attached to an aromatic ring is 1. The van der Waals surface area contributed by atoms with Crippen LogP contribution in [-0.4, -0.2) is 34.8 Å². The van der Waals surface area contributed by atoms with Gasteiger partial charge in [0.05, 0.1) is 0 Å². The lowest BCUT2D eigenvalue weighted by atomic mass is 10.1. The van der Waals surface area contributed by atoms with Crippen molar-refractivity contribution in [3.05, 3.63) is 48.0 Å². The minimum Gasteiger partial charge on any atom is -0.508 e. The van der Waals surface area contributed by atoms with Crippen LogP contribution in [0.5, 0.6) is 23.0 Å². The zero-order chi connectivity index (χ0) is 19.9. The molecule has 0 bridgehead atoms. The number of aromatic hydroxyl groups is 3. The minimum atomic E-state index is -4.72. The Kier molecular flexibility index (Phi) is 4.20. The van der Waals surface area contributed by atoms with Crippen LogP contribution in [0.1, 0.15) is 10.4 Å². The fourth-order valence-corrected chi connectivity index (χ4v) is 3.55. The molecule has 0 radical (unpaired) electrons. The summed E-state index contributed by atoms with van der Waals surface area (Å²) in [5.41, 5.74) is 5.30. The standard InChI is InChI=1S/C17H13NO8S/c18-9-2-1-8-5-14(16(21)15(20)11(8)6-9)27(24,25)26-13-4-3-10(19)7-12(13)17(22)23/h1-7,19-21H,18H2,(H,22,23). The molecule has 3 aromatic rings. The SMILES string of the molecule is Nc1ccc2cc(S(=O)(=O)Oc3ccc(O)cc3C(=O)O)c(O)c(O)c2c1. The van der Waals surface area contributed by atoms with Gasteiger partial charge in [0, 0.05) is 11.1 Å². The van der Waals surface area contributed by atoms with E-state index in [0.717, 1.165) is 24.3 Å². The van der Waals surface area contributed by atoms with Crippen LogP contribution in [0.15, 0.2) is 47.4 Å². The Bertz CT molecular complexity index is 1190. The van der Waals surface area contributed by atoms with Crippen LogP contribution in [0.25, 0.3) is 10.8 Å². The van der Waals surface area contributed by atoms with E-state index >= 15 is 0 Å². The fourth-order valence-electron chi connectivity index (χ4n) is 2.47. The average Bonchev–Trinajstić information content (AvgIpc) is 2.59. The van der Waals surface area contributed by atoms with Crippen LogP contribution >= 0.6 is 0 Å².